The van der Waals surface area contributed by atoms with Gasteiger partial charge in [0, 0.05) is 6.04 Å². The monoisotopic (exact) mass is 231 g/mol. The maximum Gasteiger partial charge on any atom is 0.0323 e. The molecule has 94 valence electrons. The van der Waals surface area contributed by atoms with Gasteiger partial charge in [-0.25, -0.2) is 0 Å². The molecule has 0 aromatic heterocycles. The van der Waals surface area contributed by atoms with Gasteiger partial charge in [0.25, 0.3) is 0 Å². The first-order valence-electron chi connectivity index (χ1n) is 6.94. The van der Waals surface area contributed by atoms with Crippen molar-refractivity contribution in [3.63, 3.8) is 0 Å². The Bertz CT molecular complexity index is 387. The van der Waals surface area contributed by atoms with E-state index in [0.717, 1.165) is 0 Å². The Morgan fingerprint density at radius 3 is 2.53 bits per heavy atom. The largest absolute Gasteiger partial charge is 0.310 e. The molecule has 1 saturated heterocycles. The van der Waals surface area contributed by atoms with E-state index in [9.17, 15) is 0 Å². The molecule has 1 N–H and O–H groups in total. The lowest BCUT2D eigenvalue weighted by molar-refractivity contribution is 0.410. The van der Waals surface area contributed by atoms with E-state index in [2.05, 4.69) is 45.1 Å². The average Bonchev–Trinajstić information content (AvgIpc) is 2.33. The van der Waals surface area contributed by atoms with Gasteiger partial charge in [0.05, 0.1) is 0 Å². The zero-order valence-corrected chi connectivity index (χ0v) is 11.6. The molecule has 1 aromatic carbocycles. The molecule has 0 bridgehead atoms. The molecule has 1 heterocycles. The van der Waals surface area contributed by atoms with Crippen LogP contribution in [-0.2, 0) is 0 Å². The molecule has 17 heavy (non-hydrogen) atoms. The third-order valence-corrected chi connectivity index (χ3v) is 4.08. The van der Waals surface area contributed by atoms with Gasteiger partial charge in [-0.2, -0.15) is 0 Å². The Labute approximate surface area is 106 Å². The molecule has 1 fully saturated rings. The number of benzene rings is 1. The maximum atomic E-state index is 3.67. The van der Waals surface area contributed by atoms with Gasteiger partial charge < -0.3 is 5.32 Å². The Balaban J connectivity index is 2.36. The van der Waals surface area contributed by atoms with Crippen molar-refractivity contribution in [3.8, 4) is 0 Å². The minimum Gasteiger partial charge on any atom is -0.310 e. The van der Waals surface area contributed by atoms with Crippen molar-refractivity contribution in [2.75, 3.05) is 6.54 Å². The minimum absolute atomic E-state index is 0.584. The molecule has 0 radical (unpaired) electrons. The molecular formula is C16H25N. The Morgan fingerprint density at radius 2 is 1.94 bits per heavy atom. The SMILES string of the molecule is Cc1cc(C(C)C)cc(C2CCCCN2)c1C. The van der Waals surface area contributed by atoms with Crippen molar-refractivity contribution in [2.45, 2.75) is 58.9 Å². The average molecular weight is 231 g/mol. The van der Waals surface area contributed by atoms with Crippen LogP contribution in [0.15, 0.2) is 12.1 Å². The van der Waals surface area contributed by atoms with Crippen LogP contribution >= 0.6 is 0 Å². The van der Waals surface area contributed by atoms with Crippen LogP contribution in [-0.4, -0.2) is 6.54 Å². The molecule has 0 spiro atoms. The van der Waals surface area contributed by atoms with Gasteiger partial charge in [0.15, 0.2) is 0 Å². The molecule has 1 aliphatic rings. The van der Waals surface area contributed by atoms with E-state index < -0.39 is 0 Å². The van der Waals surface area contributed by atoms with Crippen molar-refractivity contribution < 1.29 is 0 Å². The van der Waals surface area contributed by atoms with Gasteiger partial charge in [-0.05, 0) is 61.4 Å². The summed E-state index contributed by atoms with van der Waals surface area (Å²) in [6, 6.07) is 5.36. The van der Waals surface area contributed by atoms with Crippen molar-refractivity contribution in [1.82, 2.24) is 5.32 Å². The Morgan fingerprint density at radius 1 is 1.18 bits per heavy atom. The predicted molar refractivity (Wildman–Crippen MR) is 74.6 cm³/mol. The number of hydrogen-bond donors (Lipinski definition) is 1. The summed E-state index contributed by atoms with van der Waals surface area (Å²) in [6.45, 7) is 10.2. The van der Waals surface area contributed by atoms with Gasteiger partial charge in [-0.1, -0.05) is 32.4 Å². The van der Waals surface area contributed by atoms with E-state index in [1.807, 2.05) is 0 Å². The van der Waals surface area contributed by atoms with E-state index in [-0.39, 0.29) is 0 Å². The summed E-state index contributed by atoms with van der Waals surface area (Å²) in [4.78, 5) is 0. The van der Waals surface area contributed by atoms with E-state index in [1.165, 1.54) is 48.1 Å². The molecule has 2 rings (SSSR count). The summed E-state index contributed by atoms with van der Waals surface area (Å²) in [5.41, 5.74) is 5.94. The summed E-state index contributed by atoms with van der Waals surface area (Å²) >= 11 is 0. The lowest BCUT2D eigenvalue weighted by Gasteiger charge is -2.27. The molecular weight excluding hydrogens is 206 g/mol. The highest BCUT2D eigenvalue weighted by Crippen LogP contribution is 2.30. The number of aryl methyl sites for hydroxylation is 1. The van der Waals surface area contributed by atoms with Gasteiger partial charge in [-0.15, -0.1) is 0 Å². The molecule has 0 amide bonds. The fourth-order valence-corrected chi connectivity index (χ4v) is 2.73. The number of rotatable bonds is 2. The Hall–Kier alpha value is -0.820. The van der Waals surface area contributed by atoms with E-state index >= 15 is 0 Å². The summed E-state index contributed by atoms with van der Waals surface area (Å²) in [5, 5.41) is 3.67. The highest BCUT2D eigenvalue weighted by atomic mass is 14.9. The smallest absolute Gasteiger partial charge is 0.0323 e. The van der Waals surface area contributed by atoms with Gasteiger partial charge in [0.2, 0.25) is 0 Å². The quantitative estimate of drug-likeness (QED) is 0.802. The molecule has 0 aliphatic carbocycles. The molecule has 1 unspecified atom stereocenters. The Kier molecular flexibility index (Phi) is 3.88. The number of nitrogens with one attached hydrogen (secondary N) is 1. The van der Waals surface area contributed by atoms with Crippen LogP contribution < -0.4 is 5.32 Å². The molecule has 0 saturated carbocycles. The van der Waals surface area contributed by atoms with Crippen LogP contribution in [0.25, 0.3) is 0 Å². The highest BCUT2D eigenvalue weighted by Gasteiger charge is 2.18. The van der Waals surface area contributed by atoms with Crippen LogP contribution in [0.5, 0.6) is 0 Å². The second-order valence-corrected chi connectivity index (χ2v) is 5.71. The first-order valence-corrected chi connectivity index (χ1v) is 6.94. The highest BCUT2D eigenvalue weighted by molar-refractivity contribution is 5.40. The van der Waals surface area contributed by atoms with Crippen LogP contribution in [0.1, 0.15) is 67.3 Å². The first-order chi connectivity index (χ1) is 8.09. The zero-order valence-electron chi connectivity index (χ0n) is 11.6. The van der Waals surface area contributed by atoms with Crippen LogP contribution in [0, 0.1) is 13.8 Å². The first kappa shape index (κ1) is 12.6. The fraction of sp³-hybridized carbons (Fsp3) is 0.625. The van der Waals surface area contributed by atoms with Crippen molar-refractivity contribution in [1.29, 1.82) is 0 Å². The van der Waals surface area contributed by atoms with Crippen LogP contribution in [0.4, 0.5) is 0 Å². The van der Waals surface area contributed by atoms with Gasteiger partial charge in [0.1, 0.15) is 0 Å². The predicted octanol–water partition coefficient (Wildman–Crippen LogP) is 4.24. The summed E-state index contributed by atoms with van der Waals surface area (Å²) in [7, 11) is 0. The van der Waals surface area contributed by atoms with Gasteiger partial charge in [-0.3, -0.25) is 0 Å². The lowest BCUT2D eigenvalue weighted by Crippen LogP contribution is -2.27. The second kappa shape index (κ2) is 5.22. The third-order valence-electron chi connectivity index (χ3n) is 4.08. The normalized spacial score (nSPS) is 20.9. The maximum absolute atomic E-state index is 3.67. The third kappa shape index (κ3) is 2.71. The zero-order chi connectivity index (χ0) is 12.4. The van der Waals surface area contributed by atoms with Crippen molar-refractivity contribution in [3.05, 3.63) is 34.4 Å². The molecule has 1 nitrogen and oxygen atoms in total. The molecule has 1 aromatic rings. The van der Waals surface area contributed by atoms with E-state index in [0.29, 0.717) is 12.0 Å². The molecule has 1 atom stereocenters. The standard InChI is InChI=1S/C16H25N/c1-11(2)14-9-12(3)13(4)15(10-14)16-7-5-6-8-17-16/h9-11,16-17H,5-8H2,1-4H3. The minimum atomic E-state index is 0.584. The number of hydrogen-bond acceptors (Lipinski definition) is 1. The second-order valence-electron chi connectivity index (χ2n) is 5.71. The lowest BCUT2D eigenvalue weighted by atomic mass is 9.88. The van der Waals surface area contributed by atoms with Crippen LogP contribution in [0.2, 0.25) is 0 Å². The summed E-state index contributed by atoms with van der Waals surface area (Å²) in [6.07, 6.45) is 3.99. The van der Waals surface area contributed by atoms with Gasteiger partial charge >= 0.3 is 0 Å². The fourth-order valence-electron chi connectivity index (χ4n) is 2.73. The van der Waals surface area contributed by atoms with Crippen molar-refractivity contribution in [2.24, 2.45) is 0 Å². The van der Waals surface area contributed by atoms with Crippen LogP contribution in [0.3, 0.4) is 0 Å². The topological polar surface area (TPSA) is 12.0 Å². The summed E-state index contributed by atoms with van der Waals surface area (Å²) in [5.74, 6) is 0.622. The molecule has 1 heteroatoms. The summed E-state index contributed by atoms with van der Waals surface area (Å²) < 4.78 is 0. The van der Waals surface area contributed by atoms with E-state index in [4.69, 9.17) is 0 Å². The van der Waals surface area contributed by atoms with E-state index in [1.54, 1.807) is 0 Å². The molecule has 1 aliphatic heterocycles. The number of piperidine rings is 1. The van der Waals surface area contributed by atoms with Crippen molar-refractivity contribution >= 4 is 0 Å².